The van der Waals surface area contributed by atoms with Crippen molar-refractivity contribution in [3.63, 3.8) is 0 Å². The molecule has 1 heterocycles. The Morgan fingerprint density at radius 3 is 2.92 bits per heavy atom. The van der Waals surface area contributed by atoms with Gasteiger partial charge < -0.3 is 5.73 Å². The van der Waals surface area contributed by atoms with E-state index in [0.29, 0.717) is 0 Å². The number of hydrogen-bond acceptors (Lipinski definition) is 3. The first-order chi connectivity index (χ1) is 6.22. The molecule has 0 unspecified atom stereocenters. The summed E-state index contributed by atoms with van der Waals surface area (Å²) in [4.78, 5) is 1.22. The molecule has 0 fully saturated rings. The Balaban J connectivity index is 2.80. The van der Waals surface area contributed by atoms with Gasteiger partial charge in [-0.3, -0.25) is 0 Å². The number of hydrogen-bond donors (Lipinski definition) is 1. The lowest BCUT2D eigenvalue weighted by molar-refractivity contribution is 1.63. The maximum Gasteiger partial charge on any atom is 0.101 e. The topological polar surface area (TPSA) is 26.0 Å². The van der Waals surface area contributed by atoms with Gasteiger partial charge >= 0.3 is 0 Å². The molecule has 2 aromatic rings. The Hall–Kier alpha value is 0.0600. The van der Waals surface area contributed by atoms with Gasteiger partial charge in [-0.2, -0.15) is 0 Å². The summed E-state index contributed by atoms with van der Waals surface area (Å²) in [6.07, 6.45) is 2.07. The van der Waals surface area contributed by atoms with Crippen LogP contribution in [-0.2, 0) is 0 Å². The minimum absolute atomic E-state index is 0.935. The molecule has 2 N–H and O–H groups in total. The molecule has 68 valence electrons. The number of halogens is 1. The molecule has 0 saturated carbocycles. The molecular formula is C9H8INS2. The van der Waals surface area contributed by atoms with Crippen LogP contribution < -0.4 is 5.73 Å². The molecule has 0 radical (unpaired) electrons. The number of thioether (sulfide) groups is 1. The lowest BCUT2D eigenvalue weighted by Gasteiger charge is -1.95. The summed E-state index contributed by atoms with van der Waals surface area (Å²) >= 11 is 5.71. The summed E-state index contributed by atoms with van der Waals surface area (Å²) in [6.45, 7) is 0. The molecule has 0 aliphatic rings. The average molecular weight is 321 g/mol. The van der Waals surface area contributed by atoms with Crippen molar-refractivity contribution in [1.82, 2.24) is 0 Å². The van der Waals surface area contributed by atoms with Crippen LogP contribution in [0, 0.1) is 3.57 Å². The van der Waals surface area contributed by atoms with E-state index in [0.717, 1.165) is 5.00 Å². The summed E-state index contributed by atoms with van der Waals surface area (Å²) in [6, 6.07) is 6.44. The van der Waals surface area contributed by atoms with Crippen molar-refractivity contribution in [2.75, 3.05) is 12.0 Å². The van der Waals surface area contributed by atoms with Crippen LogP contribution in [-0.4, -0.2) is 6.26 Å². The van der Waals surface area contributed by atoms with Crippen LogP contribution in [0.5, 0.6) is 0 Å². The van der Waals surface area contributed by atoms with Gasteiger partial charge in [0.2, 0.25) is 0 Å². The maximum absolute atomic E-state index is 5.91. The van der Waals surface area contributed by atoms with Crippen molar-refractivity contribution in [3.05, 3.63) is 21.8 Å². The Kier molecular flexibility index (Phi) is 2.71. The average Bonchev–Trinajstić information content (AvgIpc) is 2.40. The summed E-state index contributed by atoms with van der Waals surface area (Å²) in [5.74, 6) is 0. The molecular weight excluding hydrogens is 313 g/mol. The van der Waals surface area contributed by atoms with E-state index in [-0.39, 0.29) is 0 Å². The smallest absolute Gasteiger partial charge is 0.101 e. The van der Waals surface area contributed by atoms with E-state index in [1.54, 1.807) is 23.1 Å². The van der Waals surface area contributed by atoms with Crippen molar-refractivity contribution >= 4 is 60.8 Å². The molecule has 0 bridgehead atoms. The molecule has 0 spiro atoms. The zero-order valence-electron chi connectivity index (χ0n) is 7.00. The number of nitrogen functional groups attached to an aromatic ring is 1. The number of fused-ring (bicyclic) bond motifs is 1. The third-order valence-electron chi connectivity index (χ3n) is 1.83. The SMILES string of the molecule is CSc1c(N)sc2ccc(I)cc12. The minimum atomic E-state index is 0.935. The van der Waals surface area contributed by atoms with E-state index >= 15 is 0 Å². The minimum Gasteiger partial charge on any atom is -0.390 e. The number of anilines is 1. The van der Waals surface area contributed by atoms with Gasteiger partial charge in [0.1, 0.15) is 5.00 Å². The van der Waals surface area contributed by atoms with E-state index in [2.05, 4.69) is 47.0 Å². The molecule has 0 saturated heterocycles. The maximum atomic E-state index is 5.91. The van der Waals surface area contributed by atoms with Gasteiger partial charge in [-0.05, 0) is 47.0 Å². The van der Waals surface area contributed by atoms with Gasteiger partial charge in [-0.15, -0.1) is 23.1 Å². The highest BCUT2D eigenvalue weighted by Gasteiger charge is 2.08. The zero-order valence-corrected chi connectivity index (χ0v) is 10.8. The van der Waals surface area contributed by atoms with Crippen LogP contribution in [0.15, 0.2) is 23.1 Å². The molecule has 0 atom stereocenters. The largest absolute Gasteiger partial charge is 0.390 e. The van der Waals surface area contributed by atoms with Gasteiger partial charge in [0.25, 0.3) is 0 Å². The van der Waals surface area contributed by atoms with Crippen LogP contribution in [0.25, 0.3) is 10.1 Å². The molecule has 1 aromatic heterocycles. The van der Waals surface area contributed by atoms with Crippen molar-refractivity contribution in [1.29, 1.82) is 0 Å². The third kappa shape index (κ3) is 1.67. The number of rotatable bonds is 1. The highest BCUT2D eigenvalue weighted by Crippen LogP contribution is 2.39. The predicted molar refractivity (Wildman–Crippen MR) is 70.7 cm³/mol. The van der Waals surface area contributed by atoms with Crippen LogP contribution in [0.2, 0.25) is 0 Å². The fraction of sp³-hybridized carbons (Fsp3) is 0.111. The second-order valence-electron chi connectivity index (χ2n) is 2.64. The van der Waals surface area contributed by atoms with Gasteiger partial charge in [-0.1, -0.05) is 0 Å². The molecule has 4 heteroatoms. The van der Waals surface area contributed by atoms with Crippen molar-refractivity contribution in [2.24, 2.45) is 0 Å². The van der Waals surface area contributed by atoms with Gasteiger partial charge in [0.15, 0.2) is 0 Å². The Morgan fingerprint density at radius 2 is 2.23 bits per heavy atom. The van der Waals surface area contributed by atoms with Crippen LogP contribution in [0.3, 0.4) is 0 Å². The molecule has 2 rings (SSSR count). The lowest BCUT2D eigenvalue weighted by Crippen LogP contribution is -1.79. The summed E-state index contributed by atoms with van der Waals surface area (Å²) in [5.41, 5.74) is 5.91. The van der Waals surface area contributed by atoms with Gasteiger partial charge in [0.05, 0.1) is 0 Å². The molecule has 1 aromatic carbocycles. The number of thiophene rings is 1. The molecule has 0 aliphatic carbocycles. The van der Waals surface area contributed by atoms with Crippen LogP contribution in [0.1, 0.15) is 0 Å². The normalized spacial score (nSPS) is 10.9. The highest BCUT2D eigenvalue weighted by molar-refractivity contribution is 14.1. The van der Waals surface area contributed by atoms with E-state index in [1.165, 1.54) is 18.6 Å². The van der Waals surface area contributed by atoms with E-state index in [1.807, 2.05) is 0 Å². The highest BCUT2D eigenvalue weighted by atomic mass is 127. The number of nitrogens with two attached hydrogens (primary N) is 1. The van der Waals surface area contributed by atoms with Crippen molar-refractivity contribution in [2.45, 2.75) is 4.90 Å². The molecule has 0 aliphatic heterocycles. The monoisotopic (exact) mass is 321 g/mol. The standard InChI is InChI=1S/C9H8INS2/c1-12-8-6-4-5(10)2-3-7(6)13-9(8)11/h2-4H,11H2,1H3. The van der Waals surface area contributed by atoms with Crippen LogP contribution in [0.4, 0.5) is 5.00 Å². The second kappa shape index (κ2) is 3.67. The van der Waals surface area contributed by atoms with Crippen LogP contribution >= 0.6 is 45.7 Å². The van der Waals surface area contributed by atoms with Crippen molar-refractivity contribution in [3.8, 4) is 0 Å². The van der Waals surface area contributed by atoms with Crippen molar-refractivity contribution < 1.29 is 0 Å². The zero-order chi connectivity index (χ0) is 9.42. The predicted octanol–water partition coefficient (Wildman–Crippen LogP) is 3.81. The first kappa shape index (κ1) is 9.61. The lowest BCUT2D eigenvalue weighted by atomic mass is 10.3. The summed E-state index contributed by atoms with van der Waals surface area (Å²) in [5, 5.41) is 2.23. The molecule has 13 heavy (non-hydrogen) atoms. The Labute approximate surface area is 98.8 Å². The van der Waals surface area contributed by atoms with E-state index in [9.17, 15) is 0 Å². The quantitative estimate of drug-likeness (QED) is 0.638. The fourth-order valence-corrected chi connectivity index (χ4v) is 3.64. The third-order valence-corrected chi connectivity index (χ3v) is 4.48. The first-order valence-corrected chi connectivity index (χ1v) is 6.86. The Morgan fingerprint density at radius 1 is 1.46 bits per heavy atom. The van der Waals surface area contributed by atoms with Gasteiger partial charge in [0, 0.05) is 18.6 Å². The summed E-state index contributed by atoms with van der Waals surface area (Å²) in [7, 11) is 0. The van der Waals surface area contributed by atoms with E-state index < -0.39 is 0 Å². The first-order valence-electron chi connectivity index (χ1n) is 3.74. The summed E-state index contributed by atoms with van der Waals surface area (Å²) < 4.78 is 2.54. The molecule has 0 amide bonds. The van der Waals surface area contributed by atoms with E-state index in [4.69, 9.17) is 5.73 Å². The molecule has 1 nitrogen and oxygen atoms in total. The fourth-order valence-electron chi connectivity index (χ4n) is 1.28. The second-order valence-corrected chi connectivity index (χ2v) is 5.79. The number of benzene rings is 1. The Bertz CT molecular complexity index is 450. The van der Waals surface area contributed by atoms with Gasteiger partial charge in [-0.25, -0.2) is 0 Å².